The second kappa shape index (κ2) is 5.60. The third-order valence-electron chi connectivity index (χ3n) is 4.86. The van der Waals surface area contributed by atoms with Gasteiger partial charge >= 0.3 is 0 Å². The number of rotatable bonds is 4. The fourth-order valence-electron chi connectivity index (χ4n) is 3.79. The number of amides is 1. The van der Waals surface area contributed by atoms with Crippen LogP contribution in [0.1, 0.15) is 36.0 Å². The molecule has 114 valence electrons. The Bertz CT molecular complexity index is 541. The molecule has 0 spiro atoms. The van der Waals surface area contributed by atoms with Crippen LogP contribution in [0.2, 0.25) is 0 Å². The number of anilines is 1. The maximum Gasteiger partial charge on any atom is 0.251 e. The molecule has 1 aromatic carbocycles. The fourth-order valence-corrected chi connectivity index (χ4v) is 3.79. The molecule has 2 fully saturated rings. The minimum Gasteiger partial charge on any atom is -0.352 e. The molecule has 0 aliphatic heterocycles. The molecular weight excluding hydrogens is 276 g/mol. The van der Waals surface area contributed by atoms with Crippen LogP contribution in [0.4, 0.5) is 14.5 Å². The Labute approximate surface area is 122 Å². The van der Waals surface area contributed by atoms with E-state index in [-0.39, 0.29) is 5.56 Å². The lowest BCUT2D eigenvalue weighted by Gasteiger charge is -2.21. The molecule has 0 saturated heterocycles. The molecule has 4 nitrogen and oxygen atoms in total. The third kappa shape index (κ3) is 2.72. The van der Waals surface area contributed by atoms with Gasteiger partial charge in [0.25, 0.3) is 5.91 Å². The number of halogens is 2. The SMILES string of the molecule is NNc1c(F)cc(C(=O)NCC2CC3CCC2C3)cc1F. The zero-order valence-electron chi connectivity index (χ0n) is 11.7. The first-order chi connectivity index (χ1) is 10.1. The first kappa shape index (κ1) is 14.3. The van der Waals surface area contributed by atoms with E-state index >= 15 is 0 Å². The van der Waals surface area contributed by atoms with Crippen molar-refractivity contribution in [2.75, 3.05) is 12.0 Å². The number of hydrogen-bond donors (Lipinski definition) is 3. The maximum atomic E-state index is 13.6. The summed E-state index contributed by atoms with van der Waals surface area (Å²) in [5.41, 5.74) is 1.49. The molecule has 3 rings (SSSR count). The van der Waals surface area contributed by atoms with Crippen molar-refractivity contribution < 1.29 is 13.6 Å². The van der Waals surface area contributed by atoms with E-state index < -0.39 is 23.2 Å². The standard InChI is InChI=1S/C15H19F2N3O/c16-12-5-10(6-13(17)14(12)20-18)15(21)19-7-11-4-8-1-2-9(11)3-8/h5-6,8-9,11,20H,1-4,7,18H2,(H,19,21). The summed E-state index contributed by atoms with van der Waals surface area (Å²) < 4.78 is 27.1. The van der Waals surface area contributed by atoms with Crippen molar-refractivity contribution in [1.82, 2.24) is 5.32 Å². The molecule has 0 heterocycles. The highest BCUT2D eigenvalue weighted by Crippen LogP contribution is 2.47. The Kier molecular flexibility index (Phi) is 3.80. The van der Waals surface area contributed by atoms with Crippen molar-refractivity contribution in [3.63, 3.8) is 0 Å². The Morgan fingerprint density at radius 2 is 1.95 bits per heavy atom. The Morgan fingerprint density at radius 1 is 1.24 bits per heavy atom. The molecule has 1 aromatic rings. The first-order valence-electron chi connectivity index (χ1n) is 7.32. The van der Waals surface area contributed by atoms with Crippen molar-refractivity contribution in [2.45, 2.75) is 25.7 Å². The highest BCUT2D eigenvalue weighted by Gasteiger charge is 2.39. The smallest absolute Gasteiger partial charge is 0.251 e. The molecule has 6 heteroatoms. The molecule has 21 heavy (non-hydrogen) atoms. The largest absolute Gasteiger partial charge is 0.352 e. The van der Waals surface area contributed by atoms with Crippen LogP contribution < -0.4 is 16.6 Å². The normalized spacial score (nSPS) is 26.9. The van der Waals surface area contributed by atoms with E-state index in [4.69, 9.17) is 5.84 Å². The van der Waals surface area contributed by atoms with E-state index in [1.54, 1.807) is 0 Å². The number of nitrogens with one attached hydrogen (secondary N) is 2. The van der Waals surface area contributed by atoms with Gasteiger partial charge in [0.1, 0.15) is 5.69 Å². The van der Waals surface area contributed by atoms with Gasteiger partial charge < -0.3 is 10.7 Å². The van der Waals surface area contributed by atoms with Crippen LogP contribution >= 0.6 is 0 Å². The average molecular weight is 295 g/mol. The molecule has 0 aromatic heterocycles. The van der Waals surface area contributed by atoms with E-state index in [2.05, 4.69) is 5.32 Å². The van der Waals surface area contributed by atoms with Crippen LogP contribution in [0.25, 0.3) is 0 Å². The van der Waals surface area contributed by atoms with Gasteiger partial charge in [-0.1, -0.05) is 6.42 Å². The van der Waals surface area contributed by atoms with Crippen molar-refractivity contribution in [2.24, 2.45) is 23.6 Å². The van der Waals surface area contributed by atoms with E-state index in [1.165, 1.54) is 19.3 Å². The monoisotopic (exact) mass is 295 g/mol. The van der Waals surface area contributed by atoms with Crippen LogP contribution in [0, 0.1) is 29.4 Å². The number of benzene rings is 1. The zero-order valence-corrected chi connectivity index (χ0v) is 11.7. The summed E-state index contributed by atoms with van der Waals surface area (Å²) in [5, 5.41) is 2.79. The maximum absolute atomic E-state index is 13.6. The van der Waals surface area contributed by atoms with Gasteiger partial charge in [-0.05, 0) is 49.1 Å². The molecule has 3 unspecified atom stereocenters. The number of fused-ring (bicyclic) bond motifs is 2. The molecule has 4 N–H and O–H groups in total. The summed E-state index contributed by atoms with van der Waals surface area (Å²) in [6.45, 7) is 0.583. The molecule has 2 saturated carbocycles. The molecule has 0 radical (unpaired) electrons. The van der Waals surface area contributed by atoms with Gasteiger partial charge in [-0.15, -0.1) is 0 Å². The lowest BCUT2D eigenvalue weighted by Crippen LogP contribution is -2.31. The topological polar surface area (TPSA) is 67.1 Å². The van der Waals surface area contributed by atoms with E-state index in [1.807, 2.05) is 5.43 Å². The van der Waals surface area contributed by atoms with Crippen LogP contribution in [-0.4, -0.2) is 12.5 Å². The van der Waals surface area contributed by atoms with Gasteiger partial charge in [0.05, 0.1) is 0 Å². The van der Waals surface area contributed by atoms with Crippen molar-refractivity contribution in [3.05, 3.63) is 29.3 Å². The van der Waals surface area contributed by atoms with E-state index in [9.17, 15) is 13.6 Å². The molecule has 2 aliphatic carbocycles. The Hall–Kier alpha value is -1.69. The lowest BCUT2D eigenvalue weighted by molar-refractivity contribution is 0.0941. The highest BCUT2D eigenvalue weighted by atomic mass is 19.1. The number of carbonyl (C=O) groups excluding carboxylic acids is 1. The van der Waals surface area contributed by atoms with Gasteiger partial charge in [0.15, 0.2) is 11.6 Å². The minimum atomic E-state index is -0.873. The summed E-state index contributed by atoms with van der Waals surface area (Å²) in [7, 11) is 0. The predicted octanol–water partition coefficient (Wildman–Crippen LogP) is 2.42. The summed E-state index contributed by atoms with van der Waals surface area (Å²) in [6, 6.07) is 1.99. The number of nitrogen functional groups attached to an aromatic ring is 1. The summed E-state index contributed by atoms with van der Waals surface area (Å²) >= 11 is 0. The van der Waals surface area contributed by atoms with Crippen LogP contribution in [0.5, 0.6) is 0 Å². The third-order valence-corrected chi connectivity index (χ3v) is 4.86. The van der Waals surface area contributed by atoms with E-state index in [0.717, 1.165) is 24.5 Å². The van der Waals surface area contributed by atoms with Crippen molar-refractivity contribution in [3.8, 4) is 0 Å². The lowest BCUT2D eigenvalue weighted by atomic mass is 9.89. The van der Waals surface area contributed by atoms with Crippen LogP contribution in [0.15, 0.2) is 12.1 Å². The van der Waals surface area contributed by atoms with Crippen LogP contribution in [0.3, 0.4) is 0 Å². The van der Waals surface area contributed by atoms with Gasteiger partial charge in [-0.25, -0.2) is 8.78 Å². The molecule has 2 aliphatic rings. The highest BCUT2D eigenvalue weighted by molar-refractivity contribution is 5.94. The molecule has 3 atom stereocenters. The first-order valence-corrected chi connectivity index (χ1v) is 7.32. The summed E-state index contributed by atoms with van der Waals surface area (Å²) in [6.07, 6.45) is 4.97. The second-order valence-electron chi connectivity index (χ2n) is 6.10. The van der Waals surface area contributed by atoms with Crippen LogP contribution in [-0.2, 0) is 0 Å². The number of hydrogen-bond acceptors (Lipinski definition) is 3. The predicted molar refractivity (Wildman–Crippen MR) is 75.4 cm³/mol. The van der Waals surface area contributed by atoms with Crippen molar-refractivity contribution in [1.29, 1.82) is 0 Å². The molecule has 1 amide bonds. The molecule has 2 bridgehead atoms. The number of nitrogens with two attached hydrogens (primary N) is 1. The van der Waals surface area contributed by atoms with Gasteiger partial charge in [-0.2, -0.15) is 0 Å². The van der Waals surface area contributed by atoms with Gasteiger partial charge in [0.2, 0.25) is 0 Å². The quantitative estimate of drug-likeness (QED) is 0.590. The number of hydrazine groups is 1. The Balaban J connectivity index is 1.63. The summed E-state index contributed by atoms with van der Waals surface area (Å²) in [5.74, 6) is 4.85. The van der Waals surface area contributed by atoms with Gasteiger partial charge in [-0.3, -0.25) is 10.6 Å². The van der Waals surface area contributed by atoms with Crippen molar-refractivity contribution >= 4 is 11.6 Å². The molecular formula is C15H19F2N3O. The zero-order chi connectivity index (χ0) is 15.0. The minimum absolute atomic E-state index is 0.0212. The number of carbonyl (C=O) groups is 1. The second-order valence-corrected chi connectivity index (χ2v) is 6.10. The average Bonchev–Trinajstić information content (AvgIpc) is 3.06. The van der Waals surface area contributed by atoms with E-state index in [0.29, 0.717) is 18.4 Å². The van der Waals surface area contributed by atoms with Gasteiger partial charge in [0, 0.05) is 12.1 Å². The summed E-state index contributed by atoms with van der Waals surface area (Å²) in [4.78, 5) is 12.0. The Morgan fingerprint density at radius 3 is 2.48 bits per heavy atom. The fraction of sp³-hybridized carbons (Fsp3) is 0.533.